The van der Waals surface area contributed by atoms with Gasteiger partial charge in [0, 0.05) is 11.6 Å². The fraction of sp³-hybridized carbons (Fsp3) is 0.211. The second-order valence-electron chi connectivity index (χ2n) is 6.30. The van der Waals surface area contributed by atoms with E-state index in [4.69, 9.17) is 4.42 Å². The number of hydrogen-bond donors (Lipinski definition) is 0. The van der Waals surface area contributed by atoms with Gasteiger partial charge in [-0.3, -0.25) is 4.57 Å². The molecule has 0 aliphatic heterocycles. The van der Waals surface area contributed by atoms with Gasteiger partial charge < -0.3 is 4.42 Å². The van der Waals surface area contributed by atoms with Crippen LogP contribution in [0.1, 0.15) is 24.8 Å². The molecule has 1 fully saturated rings. The van der Waals surface area contributed by atoms with Gasteiger partial charge in [0.25, 0.3) is 0 Å². The van der Waals surface area contributed by atoms with Gasteiger partial charge in [-0.05, 0) is 48.6 Å². The summed E-state index contributed by atoms with van der Waals surface area (Å²) in [4.78, 5) is 5.48. The number of aromatic nitrogens is 4. The molecule has 0 N–H and O–H groups in total. The van der Waals surface area contributed by atoms with Crippen LogP contribution in [-0.4, -0.2) is 19.7 Å². The summed E-state index contributed by atoms with van der Waals surface area (Å²) >= 11 is 3.25. The summed E-state index contributed by atoms with van der Waals surface area (Å²) in [5.41, 5.74) is 0.807. The van der Waals surface area contributed by atoms with Crippen LogP contribution >= 0.6 is 23.1 Å². The summed E-state index contributed by atoms with van der Waals surface area (Å²) < 4.78 is 21.1. The van der Waals surface area contributed by atoms with Crippen molar-refractivity contribution in [2.24, 2.45) is 0 Å². The molecule has 136 valence electrons. The number of thioether (sulfide) groups is 1. The molecular formula is C19H15FN4OS2. The molecular weight excluding hydrogens is 383 g/mol. The zero-order chi connectivity index (χ0) is 18.2. The summed E-state index contributed by atoms with van der Waals surface area (Å²) in [7, 11) is 0. The average molecular weight is 398 g/mol. The molecule has 27 heavy (non-hydrogen) atoms. The lowest BCUT2D eigenvalue weighted by atomic mass is 10.2. The van der Waals surface area contributed by atoms with Crippen molar-refractivity contribution < 1.29 is 8.81 Å². The van der Waals surface area contributed by atoms with Gasteiger partial charge in [0.2, 0.25) is 5.89 Å². The Balaban J connectivity index is 1.34. The highest BCUT2D eigenvalue weighted by Gasteiger charge is 2.30. The lowest BCUT2D eigenvalue weighted by Gasteiger charge is -2.06. The Morgan fingerprint density at radius 2 is 2.04 bits per heavy atom. The summed E-state index contributed by atoms with van der Waals surface area (Å²) in [6, 6.07) is 10.8. The predicted molar refractivity (Wildman–Crippen MR) is 103 cm³/mol. The minimum atomic E-state index is -0.269. The van der Waals surface area contributed by atoms with Gasteiger partial charge in [0.05, 0.1) is 16.8 Å². The molecule has 1 aromatic carbocycles. The van der Waals surface area contributed by atoms with Crippen molar-refractivity contribution in [3.63, 3.8) is 0 Å². The highest BCUT2D eigenvalue weighted by atomic mass is 32.2. The number of oxazole rings is 1. The molecule has 5 rings (SSSR count). The lowest BCUT2D eigenvalue weighted by Crippen LogP contribution is -1.99. The molecule has 3 aromatic heterocycles. The van der Waals surface area contributed by atoms with Crippen LogP contribution in [0.5, 0.6) is 0 Å². The van der Waals surface area contributed by atoms with Crippen LogP contribution in [-0.2, 0) is 5.75 Å². The highest BCUT2D eigenvalue weighted by Crippen LogP contribution is 2.42. The minimum absolute atomic E-state index is 0.269. The second kappa shape index (κ2) is 6.94. The number of hydrogen-bond acceptors (Lipinski definition) is 6. The maximum absolute atomic E-state index is 13.1. The standard InChI is InChI=1S/C19H15FN4OS2/c20-13-5-3-12(4-6-13)15-10-21-17(25-15)11-27-19-23-22-18(16-2-1-9-26-16)24(19)14-7-8-14/h1-6,9-10,14H,7-8,11H2. The first-order chi connectivity index (χ1) is 13.3. The van der Waals surface area contributed by atoms with E-state index in [1.807, 2.05) is 6.07 Å². The molecule has 0 unspecified atom stereocenters. The van der Waals surface area contributed by atoms with Crippen LogP contribution in [0.4, 0.5) is 4.39 Å². The quantitative estimate of drug-likeness (QED) is 0.406. The third-order valence-electron chi connectivity index (χ3n) is 4.33. The summed E-state index contributed by atoms with van der Waals surface area (Å²) in [5.74, 6) is 2.48. The van der Waals surface area contributed by atoms with Crippen molar-refractivity contribution in [3.05, 3.63) is 59.7 Å². The molecule has 8 heteroatoms. The van der Waals surface area contributed by atoms with Crippen LogP contribution < -0.4 is 0 Å². The van der Waals surface area contributed by atoms with Crippen molar-refractivity contribution >= 4 is 23.1 Å². The third-order valence-corrected chi connectivity index (χ3v) is 6.12. The van der Waals surface area contributed by atoms with E-state index in [0.717, 1.165) is 34.3 Å². The molecule has 0 saturated heterocycles. The molecule has 1 saturated carbocycles. The zero-order valence-corrected chi connectivity index (χ0v) is 15.8. The van der Waals surface area contributed by atoms with Crippen molar-refractivity contribution in [1.29, 1.82) is 0 Å². The highest BCUT2D eigenvalue weighted by molar-refractivity contribution is 7.98. The summed E-state index contributed by atoms with van der Waals surface area (Å²) in [5, 5.41) is 11.7. The van der Waals surface area contributed by atoms with E-state index in [1.54, 1.807) is 41.4 Å². The Morgan fingerprint density at radius 1 is 1.19 bits per heavy atom. The van der Waals surface area contributed by atoms with E-state index < -0.39 is 0 Å². The largest absolute Gasteiger partial charge is 0.440 e. The van der Waals surface area contributed by atoms with E-state index in [0.29, 0.717) is 23.4 Å². The molecule has 0 radical (unpaired) electrons. The molecule has 0 spiro atoms. The van der Waals surface area contributed by atoms with Crippen molar-refractivity contribution in [2.45, 2.75) is 29.8 Å². The normalized spacial score (nSPS) is 14.0. The lowest BCUT2D eigenvalue weighted by molar-refractivity contribution is 0.529. The van der Waals surface area contributed by atoms with E-state index in [-0.39, 0.29) is 5.82 Å². The van der Waals surface area contributed by atoms with Gasteiger partial charge >= 0.3 is 0 Å². The number of halogens is 1. The SMILES string of the molecule is Fc1ccc(-c2cnc(CSc3nnc(-c4cccs4)n3C3CC3)o2)cc1. The maximum atomic E-state index is 13.1. The summed E-state index contributed by atoms with van der Waals surface area (Å²) in [6.45, 7) is 0. The fourth-order valence-corrected chi connectivity index (χ4v) is 4.43. The molecule has 1 aliphatic carbocycles. The fourth-order valence-electron chi connectivity index (χ4n) is 2.86. The maximum Gasteiger partial charge on any atom is 0.205 e. The van der Waals surface area contributed by atoms with Crippen molar-refractivity contribution in [2.75, 3.05) is 0 Å². The first kappa shape index (κ1) is 16.7. The van der Waals surface area contributed by atoms with Crippen LogP contribution in [0, 0.1) is 5.82 Å². The van der Waals surface area contributed by atoms with E-state index in [9.17, 15) is 4.39 Å². The van der Waals surface area contributed by atoms with Crippen molar-refractivity contribution in [3.8, 4) is 22.0 Å². The number of benzene rings is 1. The van der Waals surface area contributed by atoms with Gasteiger partial charge in [-0.15, -0.1) is 21.5 Å². The Labute approximate surface area is 163 Å². The Hall–Kier alpha value is -2.45. The molecule has 0 atom stereocenters. The smallest absolute Gasteiger partial charge is 0.205 e. The molecule has 3 heterocycles. The van der Waals surface area contributed by atoms with Gasteiger partial charge in [-0.2, -0.15) is 0 Å². The van der Waals surface area contributed by atoms with Gasteiger partial charge in [-0.1, -0.05) is 17.8 Å². The number of thiophene rings is 1. The Morgan fingerprint density at radius 3 is 2.78 bits per heavy atom. The Kier molecular flexibility index (Phi) is 4.29. The van der Waals surface area contributed by atoms with Crippen LogP contribution in [0.25, 0.3) is 22.0 Å². The van der Waals surface area contributed by atoms with E-state index in [2.05, 4.69) is 31.2 Å². The number of rotatable bonds is 6. The molecule has 0 amide bonds. The molecule has 5 nitrogen and oxygen atoms in total. The van der Waals surface area contributed by atoms with Crippen LogP contribution in [0.15, 0.2) is 57.5 Å². The van der Waals surface area contributed by atoms with Crippen molar-refractivity contribution in [1.82, 2.24) is 19.7 Å². The topological polar surface area (TPSA) is 56.7 Å². The zero-order valence-electron chi connectivity index (χ0n) is 14.2. The molecule has 4 aromatic rings. The average Bonchev–Trinajstić information content (AvgIpc) is 3.10. The monoisotopic (exact) mass is 398 g/mol. The molecule has 0 bridgehead atoms. The molecule has 1 aliphatic rings. The van der Waals surface area contributed by atoms with E-state index in [1.165, 1.54) is 12.1 Å². The van der Waals surface area contributed by atoms with Gasteiger partial charge in [-0.25, -0.2) is 9.37 Å². The third kappa shape index (κ3) is 3.42. The first-order valence-electron chi connectivity index (χ1n) is 8.60. The van der Waals surface area contributed by atoms with Crippen LogP contribution in [0.2, 0.25) is 0 Å². The first-order valence-corrected chi connectivity index (χ1v) is 10.5. The minimum Gasteiger partial charge on any atom is -0.440 e. The van der Waals surface area contributed by atoms with Gasteiger partial charge in [0.15, 0.2) is 16.7 Å². The van der Waals surface area contributed by atoms with Crippen LogP contribution in [0.3, 0.4) is 0 Å². The number of nitrogens with zero attached hydrogens (tertiary/aromatic N) is 4. The van der Waals surface area contributed by atoms with E-state index >= 15 is 0 Å². The second-order valence-corrected chi connectivity index (χ2v) is 8.19. The summed E-state index contributed by atoms with van der Waals surface area (Å²) in [6.07, 6.45) is 4.00. The predicted octanol–water partition coefficient (Wildman–Crippen LogP) is 5.43. The Bertz CT molecular complexity index is 1050. The van der Waals surface area contributed by atoms with Gasteiger partial charge in [0.1, 0.15) is 5.82 Å².